The first kappa shape index (κ1) is 23.2. The monoisotopic (exact) mass is 444 g/mol. The maximum Gasteiger partial charge on any atom is 0.248 e. The number of nitrogens with zero attached hydrogens (tertiary/aromatic N) is 2. The molecule has 3 aliphatic rings. The fourth-order valence-electron chi connectivity index (χ4n) is 5.40. The molecule has 2 amide bonds. The van der Waals surface area contributed by atoms with Crippen molar-refractivity contribution in [3.63, 3.8) is 0 Å². The van der Waals surface area contributed by atoms with E-state index in [0.29, 0.717) is 58.5 Å². The molecule has 7 nitrogen and oxygen atoms in total. The zero-order valence-corrected chi connectivity index (χ0v) is 19.1. The highest BCUT2D eigenvalue weighted by Gasteiger charge is 2.45. The molecule has 0 bridgehead atoms. The Morgan fingerprint density at radius 1 is 1.09 bits per heavy atom. The van der Waals surface area contributed by atoms with Gasteiger partial charge in [0.15, 0.2) is 0 Å². The molecular formula is C25H36N2O5. The SMILES string of the molecule is CCOCC(=O)N1CCC(C(=O)N2CCC3(CC2)C[C@@H](O)C[C@H](c2ccccc2)O3)CC1. The minimum atomic E-state index is -0.380. The van der Waals surface area contributed by atoms with Crippen molar-refractivity contribution < 1.29 is 24.2 Å². The summed E-state index contributed by atoms with van der Waals surface area (Å²) < 4.78 is 11.8. The molecule has 3 fully saturated rings. The van der Waals surface area contributed by atoms with E-state index < -0.39 is 0 Å². The number of carbonyl (C=O) groups excluding carboxylic acids is 2. The normalized spacial score (nSPS) is 26.3. The van der Waals surface area contributed by atoms with Crippen molar-refractivity contribution in [1.29, 1.82) is 0 Å². The molecule has 0 radical (unpaired) electrons. The fourth-order valence-corrected chi connectivity index (χ4v) is 5.40. The summed E-state index contributed by atoms with van der Waals surface area (Å²) in [6.07, 6.45) is 3.71. The van der Waals surface area contributed by atoms with Crippen LogP contribution in [0.2, 0.25) is 0 Å². The summed E-state index contributed by atoms with van der Waals surface area (Å²) >= 11 is 0. The van der Waals surface area contributed by atoms with Crippen LogP contribution in [0, 0.1) is 5.92 Å². The summed E-state index contributed by atoms with van der Waals surface area (Å²) in [6.45, 7) is 5.10. The Balaban J connectivity index is 1.29. The number of piperidine rings is 2. The van der Waals surface area contributed by atoms with Crippen LogP contribution in [0.1, 0.15) is 57.1 Å². The second-order valence-corrected chi connectivity index (χ2v) is 9.41. The minimum Gasteiger partial charge on any atom is -0.393 e. The molecule has 1 aromatic rings. The quantitative estimate of drug-likeness (QED) is 0.755. The van der Waals surface area contributed by atoms with Crippen LogP contribution in [-0.2, 0) is 19.1 Å². The second-order valence-electron chi connectivity index (χ2n) is 9.41. The van der Waals surface area contributed by atoms with Gasteiger partial charge in [0, 0.05) is 51.5 Å². The van der Waals surface area contributed by atoms with E-state index in [1.807, 2.05) is 34.9 Å². The molecule has 176 valence electrons. The van der Waals surface area contributed by atoms with Crippen LogP contribution in [0.3, 0.4) is 0 Å². The van der Waals surface area contributed by atoms with E-state index in [2.05, 4.69) is 12.1 Å². The highest BCUT2D eigenvalue weighted by Crippen LogP contribution is 2.43. The number of hydrogen-bond acceptors (Lipinski definition) is 5. The Hall–Kier alpha value is -1.96. The van der Waals surface area contributed by atoms with Crippen LogP contribution >= 0.6 is 0 Å². The van der Waals surface area contributed by atoms with E-state index >= 15 is 0 Å². The van der Waals surface area contributed by atoms with Gasteiger partial charge in [-0.15, -0.1) is 0 Å². The van der Waals surface area contributed by atoms with Crippen molar-refractivity contribution >= 4 is 11.8 Å². The molecule has 32 heavy (non-hydrogen) atoms. The van der Waals surface area contributed by atoms with E-state index in [9.17, 15) is 14.7 Å². The van der Waals surface area contributed by atoms with Gasteiger partial charge in [-0.3, -0.25) is 9.59 Å². The molecule has 0 aromatic heterocycles. The highest BCUT2D eigenvalue weighted by molar-refractivity contribution is 5.80. The number of rotatable bonds is 5. The largest absolute Gasteiger partial charge is 0.393 e. The van der Waals surface area contributed by atoms with Crippen molar-refractivity contribution in [1.82, 2.24) is 9.80 Å². The molecule has 1 N–H and O–H groups in total. The lowest BCUT2D eigenvalue weighted by atomic mass is 9.80. The summed E-state index contributed by atoms with van der Waals surface area (Å²) in [5.74, 6) is 0.196. The summed E-state index contributed by atoms with van der Waals surface area (Å²) in [7, 11) is 0. The number of aliphatic hydroxyl groups is 1. The van der Waals surface area contributed by atoms with E-state index in [0.717, 1.165) is 18.4 Å². The third kappa shape index (κ3) is 5.33. The van der Waals surface area contributed by atoms with Crippen LogP contribution < -0.4 is 0 Å². The third-order valence-corrected chi connectivity index (χ3v) is 7.27. The number of amides is 2. The van der Waals surface area contributed by atoms with E-state index in [-0.39, 0.29) is 42.1 Å². The summed E-state index contributed by atoms with van der Waals surface area (Å²) in [6, 6.07) is 10.1. The molecule has 0 unspecified atom stereocenters. The van der Waals surface area contributed by atoms with Crippen LogP contribution in [0.5, 0.6) is 0 Å². The lowest BCUT2D eigenvalue weighted by Crippen LogP contribution is -2.54. The zero-order valence-electron chi connectivity index (χ0n) is 19.1. The number of aliphatic hydroxyl groups excluding tert-OH is 1. The molecule has 3 heterocycles. The minimum absolute atomic E-state index is 0.0126. The Morgan fingerprint density at radius 2 is 1.78 bits per heavy atom. The third-order valence-electron chi connectivity index (χ3n) is 7.27. The summed E-state index contributed by atoms with van der Waals surface area (Å²) in [5, 5.41) is 10.6. The number of benzene rings is 1. The van der Waals surface area contributed by atoms with Gasteiger partial charge >= 0.3 is 0 Å². The van der Waals surface area contributed by atoms with E-state index in [4.69, 9.17) is 9.47 Å². The Kier molecular flexibility index (Phi) is 7.48. The van der Waals surface area contributed by atoms with Crippen LogP contribution in [-0.4, -0.2) is 77.8 Å². The molecule has 1 aromatic carbocycles. The van der Waals surface area contributed by atoms with Gasteiger partial charge in [-0.2, -0.15) is 0 Å². The molecular weight excluding hydrogens is 408 g/mol. The smallest absolute Gasteiger partial charge is 0.248 e. The molecule has 0 aliphatic carbocycles. The first-order chi connectivity index (χ1) is 15.5. The molecule has 0 saturated carbocycles. The Labute approximate surface area is 190 Å². The van der Waals surface area contributed by atoms with Crippen molar-refractivity contribution in [3.8, 4) is 0 Å². The summed E-state index contributed by atoms with van der Waals surface area (Å²) in [5.41, 5.74) is 0.749. The van der Waals surface area contributed by atoms with Gasteiger partial charge in [0.2, 0.25) is 11.8 Å². The van der Waals surface area contributed by atoms with E-state index in [1.165, 1.54) is 0 Å². The molecule has 4 rings (SSSR count). The Bertz CT molecular complexity index is 770. The standard InChI is InChI=1S/C25H36N2O5/c1-2-31-18-23(29)26-12-8-20(9-13-26)24(30)27-14-10-25(11-15-27)17-21(28)16-22(32-25)19-6-4-3-5-7-19/h3-7,20-22,28H,2,8-18H2,1H3/t21-,22+/m0/s1. The van der Waals surface area contributed by atoms with Gasteiger partial charge in [0.05, 0.1) is 17.8 Å². The van der Waals surface area contributed by atoms with Gasteiger partial charge in [0.1, 0.15) is 6.61 Å². The van der Waals surface area contributed by atoms with Gasteiger partial charge in [0.25, 0.3) is 0 Å². The van der Waals surface area contributed by atoms with Gasteiger partial charge in [-0.25, -0.2) is 0 Å². The number of hydrogen-bond donors (Lipinski definition) is 1. The predicted octanol–water partition coefficient (Wildman–Crippen LogP) is 2.54. The molecule has 3 saturated heterocycles. The predicted molar refractivity (Wildman–Crippen MR) is 120 cm³/mol. The van der Waals surface area contributed by atoms with Crippen LogP contribution in [0.4, 0.5) is 0 Å². The maximum absolute atomic E-state index is 13.1. The first-order valence-corrected chi connectivity index (χ1v) is 12.0. The topological polar surface area (TPSA) is 79.3 Å². The fraction of sp³-hybridized carbons (Fsp3) is 0.680. The number of ether oxygens (including phenoxy) is 2. The molecule has 2 atom stereocenters. The Morgan fingerprint density at radius 3 is 2.44 bits per heavy atom. The summed E-state index contributed by atoms with van der Waals surface area (Å²) in [4.78, 5) is 29.0. The first-order valence-electron chi connectivity index (χ1n) is 12.0. The van der Waals surface area contributed by atoms with Crippen molar-refractivity contribution in [2.75, 3.05) is 39.4 Å². The zero-order chi connectivity index (χ0) is 22.6. The number of carbonyl (C=O) groups is 2. The highest BCUT2D eigenvalue weighted by atomic mass is 16.5. The van der Waals surface area contributed by atoms with Crippen molar-refractivity contribution in [2.45, 2.75) is 63.3 Å². The van der Waals surface area contributed by atoms with Crippen molar-refractivity contribution in [2.24, 2.45) is 5.92 Å². The lowest BCUT2D eigenvalue weighted by Gasteiger charge is -2.48. The van der Waals surface area contributed by atoms with Crippen molar-refractivity contribution in [3.05, 3.63) is 35.9 Å². The number of likely N-dealkylation sites (tertiary alicyclic amines) is 2. The molecule has 7 heteroatoms. The van der Waals surface area contributed by atoms with Crippen LogP contribution in [0.15, 0.2) is 30.3 Å². The molecule has 1 spiro atoms. The van der Waals surface area contributed by atoms with Gasteiger partial charge in [-0.05, 0) is 38.2 Å². The van der Waals surface area contributed by atoms with Gasteiger partial charge < -0.3 is 24.4 Å². The average molecular weight is 445 g/mol. The second kappa shape index (κ2) is 10.3. The maximum atomic E-state index is 13.1. The van der Waals surface area contributed by atoms with E-state index in [1.54, 1.807) is 0 Å². The van der Waals surface area contributed by atoms with Gasteiger partial charge in [-0.1, -0.05) is 30.3 Å². The average Bonchev–Trinajstić information content (AvgIpc) is 2.83. The lowest BCUT2D eigenvalue weighted by molar-refractivity contribution is -0.186. The molecule has 3 aliphatic heterocycles. The van der Waals surface area contributed by atoms with Crippen LogP contribution in [0.25, 0.3) is 0 Å².